The van der Waals surface area contributed by atoms with Gasteiger partial charge in [-0.2, -0.15) is 22.7 Å². The Morgan fingerprint density at radius 2 is 2.18 bits per heavy atom. The number of nitrogens with one attached hydrogen (secondary N) is 1. The molecule has 154 valence electrons. The first-order valence-corrected chi connectivity index (χ1v) is 9.83. The third-order valence-electron chi connectivity index (χ3n) is 3.78. The Morgan fingerprint density at radius 3 is 2.71 bits per heavy atom. The molecule has 28 heavy (non-hydrogen) atoms. The fourth-order valence-electron chi connectivity index (χ4n) is 2.14. The molecule has 2 rings (SSSR count). The van der Waals surface area contributed by atoms with Crippen LogP contribution in [0, 0.1) is 11.3 Å². The first-order chi connectivity index (χ1) is 13.0. The van der Waals surface area contributed by atoms with Gasteiger partial charge in [-0.3, -0.25) is 4.79 Å². The van der Waals surface area contributed by atoms with Crippen molar-refractivity contribution in [2.45, 2.75) is 37.4 Å². The van der Waals surface area contributed by atoms with Crippen LogP contribution >= 0.6 is 11.6 Å². The zero-order valence-electron chi connectivity index (χ0n) is 14.5. The molecule has 1 unspecified atom stereocenters. The smallest absolute Gasteiger partial charge is 0.490 e. The molecule has 1 heterocycles. The van der Waals surface area contributed by atoms with Crippen molar-refractivity contribution >= 4 is 27.5 Å². The minimum absolute atomic E-state index is 0.00292. The fourth-order valence-corrected chi connectivity index (χ4v) is 3.36. The van der Waals surface area contributed by atoms with Gasteiger partial charge in [0, 0.05) is 6.04 Å². The van der Waals surface area contributed by atoms with Gasteiger partial charge in [0.1, 0.15) is 24.1 Å². The molecule has 1 aliphatic rings. The molecule has 1 aliphatic carbocycles. The molecule has 1 fully saturated rings. The number of amides is 1. The maximum atomic E-state index is 12.8. The summed E-state index contributed by atoms with van der Waals surface area (Å²) in [6.07, 6.45) is 2.86. The predicted molar refractivity (Wildman–Crippen MR) is 92.0 cm³/mol. The van der Waals surface area contributed by atoms with Crippen LogP contribution in [0.3, 0.4) is 0 Å². The second kappa shape index (κ2) is 8.50. The Bertz CT molecular complexity index is 884. The largest absolute Gasteiger partial charge is 0.511 e. The Morgan fingerprint density at radius 1 is 1.54 bits per heavy atom. The Balaban J connectivity index is 2.11. The highest BCUT2D eigenvalue weighted by molar-refractivity contribution is 7.90. The number of ether oxygens (including phenoxy) is 1. The lowest BCUT2D eigenvalue weighted by atomic mass is 10.2. The fraction of sp³-hybridized carbons (Fsp3) is 0.533. The first-order valence-electron chi connectivity index (χ1n) is 8.01. The highest BCUT2D eigenvalue weighted by Gasteiger charge is 2.51. The van der Waals surface area contributed by atoms with Crippen LogP contribution in [0.2, 0.25) is 5.15 Å². The van der Waals surface area contributed by atoms with Crippen LogP contribution in [0.5, 0.6) is 5.75 Å². The maximum absolute atomic E-state index is 12.8. The van der Waals surface area contributed by atoms with E-state index in [0.717, 1.165) is 26.0 Å². The van der Waals surface area contributed by atoms with Gasteiger partial charge in [0.15, 0.2) is 0 Å². The average Bonchev–Trinajstić information content (AvgIpc) is 3.41. The molecule has 0 bridgehead atoms. The highest BCUT2D eigenvalue weighted by Crippen LogP contribution is 2.28. The summed E-state index contributed by atoms with van der Waals surface area (Å²) in [7, 11) is -5.71. The summed E-state index contributed by atoms with van der Waals surface area (Å²) in [5.74, 6) is -0.456. The van der Waals surface area contributed by atoms with E-state index in [1.54, 1.807) is 0 Å². The van der Waals surface area contributed by atoms with Crippen molar-refractivity contribution in [3.8, 4) is 11.8 Å². The van der Waals surface area contributed by atoms with Crippen molar-refractivity contribution in [1.29, 1.82) is 5.26 Å². The second-order valence-electron chi connectivity index (χ2n) is 6.07. The molecule has 0 aromatic carbocycles. The summed E-state index contributed by atoms with van der Waals surface area (Å²) < 4.78 is 66.8. The summed E-state index contributed by atoms with van der Waals surface area (Å²) >= 11 is 5.88. The molecule has 8 nitrogen and oxygen atoms in total. The van der Waals surface area contributed by atoms with Gasteiger partial charge in [-0.1, -0.05) is 11.6 Å². The number of rotatable bonds is 8. The number of pyridine rings is 1. The van der Waals surface area contributed by atoms with Crippen LogP contribution in [-0.2, 0) is 10.0 Å². The summed E-state index contributed by atoms with van der Waals surface area (Å²) in [5.41, 5.74) is -5.52. The van der Waals surface area contributed by atoms with E-state index >= 15 is 0 Å². The van der Waals surface area contributed by atoms with E-state index in [4.69, 9.17) is 21.6 Å². The molecular formula is C15H16ClF3N4O4S. The minimum atomic E-state index is -5.71. The number of hydrogen-bond acceptors (Lipinski definition) is 6. The standard InChI is InChI=1S/C15H16ClF3N4O4S/c1-9(23(5-4-20)28(25,26)15(17,18)19)8-27-11-6-12(13(16)21-7-11)14(24)22-10-2-3-10/h6-7,9-10H,2-3,5,8H2,1H3,(H,22,24). The van der Waals surface area contributed by atoms with E-state index in [9.17, 15) is 26.4 Å². The normalized spacial score (nSPS) is 15.8. The Hall–Kier alpha value is -2.10. The number of alkyl halides is 3. The van der Waals surface area contributed by atoms with Gasteiger partial charge >= 0.3 is 15.5 Å². The van der Waals surface area contributed by atoms with Gasteiger partial charge in [-0.05, 0) is 25.8 Å². The molecular weight excluding hydrogens is 425 g/mol. The number of hydrogen-bond donors (Lipinski definition) is 1. The van der Waals surface area contributed by atoms with Gasteiger partial charge in [0.2, 0.25) is 0 Å². The molecule has 0 saturated heterocycles. The maximum Gasteiger partial charge on any atom is 0.511 e. The minimum Gasteiger partial charge on any atom is -0.490 e. The summed E-state index contributed by atoms with van der Waals surface area (Å²) in [5, 5.41) is 11.3. The third-order valence-corrected chi connectivity index (χ3v) is 5.77. The average molecular weight is 441 g/mol. The van der Waals surface area contributed by atoms with Crippen molar-refractivity contribution in [2.24, 2.45) is 0 Å². The number of sulfonamides is 1. The molecule has 0 spiro atoms. The van der Waals surface area contributed by atoms with Gasteiger partial charge in [-0.25, -0.2) is 13.4 Å². The van der Waals surface area contributed by atoms with Crippen LogP contribution in [0.1, 0.15) is 30.1 Å². The monoisotopic (exact) mass is 440 g/mol. The predicted octanol–water partition coefficient (Wildman–Crippen LogP) is 2.07. The molecule has 0 radical (unpaired) electrons. The molecule has 0 aliphatic heterocycles. The highest BCUT2D eigenvalue weighted by atomic mass is 35.5. The van der Waals surface area contributed by atoms with E-state index < -0.39 is 40.6 Å². The van der Waals surface area contributed by atoms with Crippen molar-refractivity contribution in [3.05, 3.63) is 23.0 Å². The van der Waals surface area contributed by atoms with Crippen LogP contribution in [-0.4, -0.2) is 54.4 Å². The van der Waals surface area contributed by atoms with E-state index in [-0.39, 0.29) is 26.8 Å². The lowest BCUT2D eigenvalue weighted by Gasteiger charge is -2.26. The molecule has 1 N–H and O–H groups in total. The van der Waals surface area contributed by atoms with Crippen molar-refractivity contribution in [2.75, 3.05) is 13.2 Å². The quantitative estimate of drug-likeness (QED) is 0.489. The van der Waals surface area contributed by atoms with Gasteiger partial charge in [0.05, 0.1) is 23.9 Å². The zero-order chi connectivity index (χ0) is 21.1. The zero-order valence-corrected chi connectivity index (χ0v) is 16.1. The number of nitrogens with zero attached hydrogens (tertiary/aromatic N) is 3. The van der Waals surface area contributed by atoms with Crippen molar-refractivity contribution < 1.29 is 31.1 Å². The SMILES string of the molecule is CC(COc1cnc(Cl)c(C(=O)NC2CC2)c1)N(CC#N)S(=O)(=O)C(F)(F)F. The number of halogens is 4. The van der Waals surface area contributed by atoms with E-state index in [2.05, 4.69) is 10.3 Å². The van der Waals surface area contributed by atoms with Gasteiger partial charge in [-0.15, -0.1) is 0 Å². The van der Waals surface area contributed by atoms with Gasteiger partial charge in [0.25, 0.3) is 5.91 Å². The number of carbonyl (C=O) groups is 1. The molecule has 1 saturated carbocycles. The van der Waals surface area contributed by atoms with E-state index in [0.29, 0.717) is 0 Å². The lowest BCUT2D eigenvalue weighted by Crippen LogP contribution is -2.47. The van der Waals surface area contributed by atoms with Crippen LogP contribution in [0.15, 0.2) is 12.3 Å². The first kappa shape index (κ1) is 22.2. The number of nitriles is 1. The third kappa shape index (κ3) is 5.24. The number of carbonyl (C=O) groups excluding carboxylic acids is 1. The Labute approximate surface area is 164 Å². The molecule has 13 heteroatoms. The van der Waals surface area contributed by atoms with Crippen LogP contribution in [0.4, 0.5) is 13.2 Å². The van der Waals surface area contributed by atoms with Crippen molar-refractivity contribution in [3.63, 3.8) is 0 Å². The van der Waals surface area contributed by atoms with Crippen LogP contribution < -0.4 is 10.1 Å². The van der Waals surface area contributed by atoms with Crippen LogP contribution in [0.25, 0.3) is 0 Å². The summed E-state index contributed by atoms with van der Waals surface area (Å²) in [6.45, 7) is -0.352. The number of aromatic nitrogens is 1. The molecule has 1 aromatic rings. The second-order valence-corrected chi connectivity index (χ2v) is 8.31. The topological polar surface area (TPSA) is 112 Å². The summed E-state index contributed by atoms with van der Waals surface area (Å²) in [4.78, 5) is 15.9. The molecule has 1 amide bonds. The Kier molecular flexibility index (Phi) is 6.74. The van der Waals surface area contributed by atoms with E-state index in [1.807, 2.05) is 0 Å². The van der Waals surface area contributed by atoms with Crippen molar-refractivity contribution in [1.82, 2.24) is 14.6 Å². The van der Waals surface area contributed by atoms with E-state index in [1.165, 1.54) is 12.1 Å². The molecule has 1 aromatic heterocycles. The van der Waals surface area contributed by atoms with Gasteiger partial charge < -0.3 is 10.1 Å². The lowest BCUT2D eigenvalue weighted by molar-refractivity contribution is -0.0499. The summed E-state index contributed by atoms with van der Waals surface area (Å²) in [6, 6.07) is 1.40. The molecule has 1 atom stereocenters.